The average molecular weight is 242 g/mol. The van der Waals surface area contributed by atoms with Gasteiger partial charge in [-0.3, -0.25) is 9.97 Å². The zero-order chi connectivity index (χ0) is 11.7. The minimum Gasteiger partial charge on any atom is -0.262 e. The quantitative estimate of drug-likeness (QED) is 0.656. The number of aromatic nitrogens is 3. The molecule has 2 heterocycles. The van der Waals surface area contributed by atoms with Crippen molar-refractivity contribution < 1.29 is 0 Å². The number of pyridine rings is 1. The van der Waals surface area contributed by atoms with Gasteiger partial charge >= 0.3 is 0 Å². The maximum absolute atomic E-state index is 5.95. The van der Waals surface area contributed by atoms with Gasteiger partial charge in [0.15, 0.2) is 0 Å². The third kappa shape index (κ3) is 1.97. The predicted octanol–water partition coefficient (Wildman–Crippen LogP) is 3.35. The van der Waals surface area contributed by atoms with Crippen molar-refractivity contribution in [2.75, 3.05) is 0 Å². The first-order valence-electron chi connectivity index (χ1n) is 5.16. The van der Waals surface area contributed by atoms with E-state index in [1.165, 1.54) is 0 Å². The Kier molecular flexibility index (Phi) is 2.46. The summed E-state index contributed by atoms with van der Waals surface area (Å²) in [7, 11) is 0. The first kappa shape index (κ1) is 10.2. The minimum atomic E-state index is 0.694. The normalized spacial score (nSPS) is 10.6. The van der Waals surface area contributed by atoms with Gasteiger partial charge in [-0.1, -0.05) is 23.7 Å². The van der Waals surface area contributed by atoms with Crippen LogP contribution in [0.4, 0.5) is 0 Å². The van der Waals surface area contributed by atoms with E-state index >= 15 is 0 Å². The van der Waals surface area contributed by atoms with E-state index in [2.05, 4.69) is 15.0 Å². The summed E-state index contributed by atoms with van der Waals surface area (Å²) in [6.45, 7) is 0. The molecule has 3 nitrogen and oxygen atoms in total. The van der Waals surface area contributed by atoms with Gasteiger partial charge in [0.2, 0.25) is 0 Å². The topological polar surface area (TPSA) is 38.7 Å². The molecule has 2 aromatic heterocycles. The smallest absolute Gasteiger partial charge is 0.107 e. The van der Waals surface area contributed by atoms with Crippen LogP contribution in [0.2, 0.25) is 5.02 Å². The highest BCUT2D eigenvalue weighted by Crippen LogP contribution is 2.21. The number of fused-ring (bicyclic) bond motifs is 1. The number of benzene rings is 1. The lowest BCUT2D eigenvalue weighted by atomic mass is 10.1. The number of hydrogen-bond donors (Lipinski definition) is 0. The van der Waals surface area contributed by atoms with E-state index in [1.54, 1.807) is 18.6 Å². The highest BCUT2D eigenvalue weighted by Gasteiger charge is 2.02. The molecule has 0 bridgehead atoms. The first-order chi connectivity index (χ1) is 8.33. The summed E-state index contributed by atoms with van der Waals surface area (Å²) in [6, 6.07) is 9.41. The average Bonchev–Trinajstić information content (AvgIpc) is 2.38. The van der Waals surface area contributed by atoms with Gasteiger partial charge in [-0.2, -0.15) is 0 Å². The maximum atomic E-state index is 5.95. The molecule has 0 saturated heterocycles. The Bertz CT molecular complexity index is 682. The molecule has 0 amide bonds. The molecule has 0 fully saturated rings. The molecule has 0 unspecified atom stereocenters. The molecule has 1 aromatic carbocycles. The van der Waals surface area contributed by atoms with Crippen LogP contribution in [0.15, 0.2) is 48.9 Å². The van der Waals surface area contributed by atoms with Crippen LogP contribution in [0.25, 0.3) is 22.3 Å². The van der Waals surface area contributed by atoms with E-state index in [0.717, 1.165) is 22.3 Å². The van der Waals surface area contributed by atoms with Crippen LogP contribution in [-0.4, -0.2) is 15.0 Å². The van der Waals surface area contributed by atoms with Gasteiger partial charge in [0.1, 0.15) is 5.52 Å². The monoisotopic (exact) mass is 241 g/mol. The Morgan fingerprint density at radius 1 is 1.00 bits per heavy atom. The van der Waals surface area contributed by atoms with Crippen molar-refractivity contribution in [1.29, 1.82) is 0 Å². The van der Waals surface area contributed by atoms with Crippen LogP contribution in [0.1, 0.15) is 0 Å². The van der Waals surface area contributed by atoms with Crippen molar-refractivity contribution in [3.63, 3.8) is 0 Å². The molecule has 0 aliphatic carbocycles. The Labute approximate surface area is 103 Å². The summed E-state index contributed by atoms with van der Waals surface area (Å²) in [6.07, 6.45) is 5.14. The van der Waals surface area contributed by atoms with E-state index in [4.69, 9.17) is 11.6 Å². The zero-order valence-electron chi connectivity index (χ0n) is 8.84. The zero-order valence-corrected chi connectivity index (χ0v) is 9.59. The lowest BCUT2D eigenvalue weighted by molar-refractivity contribution is 1.25. The fourth-order valence-corrected chi connectivity index (χ4v) is 1.84. The SMILES string of the molecule is Clc1cccc(-c2cnc3cnccc3n2)c1. The molecule has 82 valence electrons. The molecule has 0 saturated carbocycles. The van der Waals surface area contributed by atoms with Crippen molar-refractivity contribution in [2.45, 2.75) is 0 Å². The molecule has 0 radical (unpaired) electrons. The molecule has 0 aliphatic rings. The Morgan fingerprint density at radius 2 is 1.94 bits per heavy atom. The van der Waals surface area contributed by atoms with Gasteiger partial charge in [-0.05, 0) is 18.2 Å². The number of rotatable bonds is 1. The standard InChI is InChI=1S/C13H8ClN3/c14-10-3-1-2-9(6-10)12-8-16-13-7-15-5-4-11(13)17-12/h1-8H. The minimum absolute atomic E-state index is 0.694. The molecule has 0 spiro atoms. The van der Waals surface area contributed by atoms with Crippen LogP contribution < -0.4 is 0 Å². The lowest BCUT2D eigenvalue weighted by Crippen LogP contribution is -1.89. The first-order valence-corrected chi connectivity index (χ1v) is 5.53. The third-order valence-electron chi connectivity index (χ3n) is 2.46. The van der Waals surface area contributed by atoms with Crippen LogP contribution >= 0.6 is 11.6 Å². The van der Waals surface area contributed by atoms with Gasteiger partial charge in [0.05, 0.1) is 23.6 Å². The molecule has 0 atom stereocenters. The molecule has 3 rings (SSSR count). The second-order valence-corrected chi connectivity index (χ2v) is 4.07. The maximum Gasteiger partial charge on any atom is 0.107 e. The number of nitrogens with zero attached hydrogens (tertiary/aromatic N) is 3. The summed E-state index contributed by atoms with van der Waals surface area (Å²) in [5.74, 6) is 0. The summed E-state index contributed by atoms with van der Waals surface area (Å²) in [5.41, 5.74) is 3.39. The fourth-order valence-electron chi connectivity index (χ4n) is 1.65. The second-order valence-electron chi connectivity index (χ2n) is 3.63. The Hall–Kier alpha value is -2.00. The van der Waals surface area contributed by atoms with Gasteiger partial charge in [-0.15, -0.1) is 0 Å². The van der Waals surface area contributed by atoms with E-state index in [1.807, 2.05) is 30.3 Å². The van der Waals surface area contributed by atoms with Gasteiger partial charge in [0, 0.05) is 16.8 Å². The largest absolute Gasteiger partial charge is 0.262 e. The van der Waals surface area contributed by atoms with Crippen LogP contribution in [0.3, 0.4) is 0 Å². The molecule has 4 heteroatoms. The molecule has 0 aliphatic heterocycles. The second kappa shape index (κ2) is 4.11. The molecule has 0 N–H and O–H groups in total. The Balaban J connectivity index is 2.18. The van der Waals surface area contributed by atoms with Crippen LogP contribution in [0.5, 0.6) is 0 Å². The van der Waals surface area contributed by atoms with E-state index < -0.39 is 0 Å². The van der Waals surface area contributed by atoms with Gasteiger partial charge in [-0.25, -0.2) is 4.98 Å². The van der Waals surface area contributed by atoms with Crippen molar-refractivity contribution in [2.24, 2.45) is 0 Å². The fraction of sp³-hybridized carbons (Fsp3) is 0. The van der Waals surface area contributed by atoms with Crippen molar-refractivity contribution in [3.8, 4) is 11.3 Å². The number of halogens is 1. The summed E-state index contributed by atoms with van der Waals surface area (Å²) in [5, 5.41) is 0.694. The van der Waals surface area contributed by atoms with Crippen LogP contribution in [-0.2, 0) is 0 Å². The predicted molar refractivity (Wildman–Crippen MR) is 67.8 cm³/mol. The van der Waals surface area contributed by atoms with Crippen molar-refractivity contribution in [1.82, 2.24) is 15.0 Å². The number of hydrogen-bond acceptors (Lipinski definition) is 3. The van der Waals surface area contributed by atoms with Crippen molar-refractivity contribution >= 4 is 22.6 Å². The van der Waals surface area contributed by atoms with Gasteiger partial charge in [0.25, 0.3) is 0 Å². The summed E-state index contributed by atoms with van der Waals surface area (Å²) in [4.78, 5) is 12.9. The summed E-state index contributed by atoms with van der Waals surface area (Å²) < 4.78 is 0. The van der Waals surface area contributed by atoms with E-state index in [9.17, 15) is 0 Å². The van der Waals surface area contributed by atoms with Crippen LogP contribution in [0, 0.1) is 0 Å². The highest BCUT2D eigenvalue weighted by molar-refractivity contribution is 6.30. The highest BCUT2D eigenvalue weighted by atomic mass is 35.5. The molecule has 3 aromatic rings. The van der Waals surface area contributed by atoms with Crippen molar-refractivity contribution in [3.05, 3.63) is 53.9 Å². The Morgan fingerprint density at radius 3 is 2.82 bits per heavy atom. The molecular formula is C13H8ClN3. The van der Waals surface area contributed by atoms with Gasteiger partial charge < -0.3 is 0 Å². The van der Waals surface area contributed by atoms with E-state index in [0.29, 0.717) is 5.02 Å². The third-order valence-corrected chi connectivity index (χ3v) is 2.70. The van der Waals surface area contributed by atoms with E-state index in [-0.39, 0.29) is 0 Å². The molecule has 17 heavy (non-hydrogen) atoms. The summed E-state index contributed by atoms with van der Waals surface area (Å²) >= 11 is 5.95. The molecular weight excluding hydrogens is 234 g/mol. The lowest BCUT2D eigenvalue weighted by Gasteiger charge is -2.02.